The van der Waals surface area contributed by atoms with Gasteiger partial charge in [-0.3, -0.25) is 9.89 Å². The van der Waals surface area contributed by atoms with Gasteiger partial charge in [-0.2, -0.15) is 5.10 Å². The third-order valence-electron chi connectivity index (χ3n) is 2.65. The predicted octanol–water partition coefficient (Wildman–Crippen LogP) is 1.08. The van der Waals surface area contributed by atoms with Crippen LogP contribution in [0.15, 0.2) is 24.5 Å². The van der Waals surface area contributed by atoms with Crippen LogP contribution in [0.2, 0.25) is 0 Å². The van der Waals surface area contributed by atoms with Crippen molar-refractivity contribution in [3.63, 3.8) is 0 Å². The fourth-order valence-electron chi connectivity index (χ4n) is 1.54. The highest BCUT2D eigenvalue weighted by atomic mass is 16.1. The molecule has 1 amide bonds. The first-order chi connectivity index (χ1) is 8.70. The first-order valence-electron chi connectivity index (χ1n) is 5.61. The summed E-state index contributed by atoms with van der Waals surface area (Å²) in [6.07, 6.45) is 3.31. The maximum Gasteiger partial charge on any atom is 0.251 e. The van der Waals surface area contributed by atoms with Crippen LogP contribution in [0.3, 0.4) is 0 Å². The number of nitrogens with one attached hydrogen (secondary N) is 3. The Morgan fingerprint density at radius 1 is 1.50 bits per heavy atom. The van der Waals surface area contributed by atoms with Crippen LogP contribution in [0.5, 0.6) is 0 Å². The first-order valence-corrected chi connectivity index (χ1v) is 5.61. The second-order valence-corrected chi connectivity index (χ2v) is 3.88. The molecule has 2 aromatic rings. The molecule has 6 heteroatoms. The quantitative estimate of drug-likeness (QED) is 0.753. The number of carbonyl (C=O) groups excluding carboxylic acids is 1. The number of aryl methyl sites for hydroxylation is 1. The number of hydrogen-bond donors (Lipinski definition) is 3. The molecule has 0 saturated carbocycles. The summed E-state index contributed by atoms with van der Waals surface area (Å²) in [5.74, 6) is 0.539. The van der Waals surface area contributed by atoms with Gasteiger partial charge in [0.05, 0.1) is 6.20 Å². The van der Waals surface area contributed by atoms with Crippen molar-refractivity contribution in [1.82, 2.24) is 20.5 Å². The van der Waals surface area contributed by atoms with Gasteiger partial charge in [0.15, 0.2) is 0 Å². The van der Waals surface area contributed by atoms with Gasteiger partial charge >= 0.3 is 0 Å². The molecule has 0 radical (unpaired) electrons. The van der Waals surface area contributed by atoms with Gasteiger partial charge in [0, 0.05) is 36.6 Å². The zero-order valence-corrected chi connectivity index (χ0v) is 10.3. The van der Waals surface area contributed by atoms with Crippen LogP contribution < -0.4 is 10.6 Å². The standard InChI is InChI=1S/C12H15N5O/c1-8-10(7-16-17-8)6-15-12(18)9-3-4-14-11(5-9)13-2/h3-5,7H,6H2,1-2H3,(H,13,14)(H,15,18)(H,16,17). The monoisotopic (exact) mass is 245 g/mol. The van der Waals surface area contributed by atoms with Gasteiger partial charge in [-0.15, -0.1) is 0 Å². The Balaban J connectivity index is 2.01. The van der Waals surface area contributed by atoms with Crippen molar-refractivity contribution < 1.29 is 4.79 Å². The number of rotatable bonds is 4. The second kappa shape index (κ2) is 5.31. The van der Waals surface area contributed by atoms with E-state index < -0.39 is 0 Å². The Labute approximate surface area is 105 Å². The summed E-state index contributed by atoms with van der Waals surface area (Å²) in [6.45, 7) is 2.37. The minimum absolute atomic E-state index is 0.130. The van der Waals surface area contributed by atoms with Gasteiger partial charge in [0.25, 0.3) is 5.91 Å². The number of aromatic amines is 1. The van der Waals surface area contributed by atoms with E-state index in [9.17, 15) is 4.79 Å². The van der Waals surface area contributed by atoms with E-state index >= 15 is 0 Å². The van der Waals surface area contributed by atoms with Crippen LogP contribution in [0, 0.1) is 6.92 Å². The van der Waals surface area contributed by atoms with Gasteiger partial charge in [-0.25, -0.2) is 4.98 Å². The lowest BCUT2D eigenvalue weighted by Crippen LogP contribution is -2.23. The Morgan fingerprint density at radius 3 is 3.00 bits per heavy atom. The lowest BCUT2D eigenvalue weighted by atomic mass is 10.2. The number of hydrogen-bond acceptors (Lipinski definition) is 4. The van der Waals surface area contributed by atoms with E-state index in [1.807, 2.05) is 6.92 Å². The molecular weight excluding hydrogens is 230 g/mol. The lowest BCUT2D eigenvalue weighted by Gasteiger charge is -2.05. The van der Waals surface area contributed by atoms with Crippen LogP contribution in [0.25, 0.3) is 0 Å². The molecule has 0 fully saturated rings. The second-order valence-electron chi connectivity index (χ2n) is 3.88. The van der Waals surface area contributed by atoms with Crippen molar-refractivity contribution in [3.05, 3.63) is 41.3 Å². The number of carbonyl (C=O) groups is 1. The van der Waals surface area contributed by atoms with E-state index in [0.29, 0.717) is 17.9 Å². The van der Waals surface area contributed by atoms with E-state index in [-0.39, 0.29) is 5.91 Å². The molecule has 3 N–H and O–H groups in total. The number of amides is 1. The zero-order chi connectivity index (χ0) is 13.0. The molecule has 0 saturated heterocycles. The largest absolute Gasteiger partial charge is 0.373 e. The molecule has 2 rings (SSSR count). The maximum absolute atomic E-state index is 11.9. The van der Waals surface area contributed by atoms with Crippen LogP contribution in [0.4, 0.5) is 5.82 Å². The van der Waals surface area contributed by atoms with Crippen LogP contribution in [-0.2, 0) is 6.54 Å². The normalized spacial score (nSPS) is 10.1. The maximum atomic E-state index is 11.9. The molecule has 2 heterocycles. The van der Waals surface area contributed by atoms with Gasteiger partial charge in [-0.05, 0) is 19.1 Å². The number of aromatic nitrogens is 3. The highest BCUT2D eigenvalue weighted by Gasteiger charge is 2.07. The number of H-pyrrole nitrogens is 1. The van der Waals surface area contributed by atoms with Gasteiger partial charge in [-0.1, -0.05) is 0 Å². The van der Waals surface area contributed by atoms with E-state index in [1.165, 1.54) is 0 Å². The summed E-state index contributed by atoms with van der Waals surface area (Å²) in [6, 6.07) is 3.38. The highest BCUT2D eigenvalue weighted by molar-refractivity contribution is 5.94. The molecule has 0 aliphatic heterocycles. The van der Waals surface area contributed by atoms with E-state index in [1.54, 1.807) is 31.6 Å². The van der Waals surface area contributed by atoms with Gasteiger partial charge in [0.1, 0.15) is 5.82 Å². The summed E-state index contributed by atoms with van der Waals surface area (Å²) in [5, 5.41) is 12.5. The molecule has 0 aliphatic carbocycles. The average molecular weight is 245 g/mol. The minimum Gasteiger partial charge on any atom is -0.373 e. The van der Waals surface area contributed by atoms with Crippen LogP contribution in [-0.4, -0.2) is 28.1 Å². The first kappa shape index (κ1) is 12.1. The third kappa shape index (κ3) is 2.65. The average Bonchev–Trinajstić information content (AvgIpc) is 2.81. The smallest absolute Gasteiger partial charge is 0.251 e. The van der Waals surface area contributed by atoms with Crippen molar-refractivity contribution in [2.45, 2.75) is 13.5 Å². The fourth-order valence-corrected chi connectivity index (χ4v) is 1.54. The van der Waals surface area contributed by atoms with E-state index in [2.05, 4.69) is 25.8 Å². The van der Waals surface area contributed by atoms with Gasteiger partial charge < -0.3 is 10.6 Å². The number of nitrogens with zero attached hydrogens (tertiary/aromatic N) is 2. The van der Waals surface area contributed by atoms with Crippen LogP contribution >= 0.6 is 0 Å². The van der Waals surface area contributed by atoms with Crippen molar-refractivity contribution in [3.8, 4) is 0 Å². The summed E-state index contributed by atoms with van der Waals surface area (Å²) in [4.78, 5) is 16.0. The molecule has 0 bridgehead atoms. The van der Waals surface area contributed by atoms with Crippen molar-refractivity contribution in [2.24, 2.45) is 0 Å². The summed E-state index contributed by atoms with van der Waals surface area (Å²) >= 11 is 0. The molecule has 6 nitrogen and oxygen atoms in total. The lowest BCUT2D eigenvalue weighted by molar-refractivity contribution is 0.0951. The topological polar surface area (TPSA) is 82.7 Å². The predicted molar refractivity (Wildman–Crippen MR) is 68.3 cm³/mol. The molecular formula is C12H15N5O. The summed E-state index contributed by atoms with van der Waals surface area (Å²) in [7, 11) is 1.76. The molecule has 94 valence electrons. The van der Waals surface area contributed by atoms with Crippen molar-refractivity contribution in [2.75, 3.05) is 12.4 Å². The zero-order valence-electron chi connectivity index (χ0n) is 10.3. The van der Waals surface area contributed by atoms with E-state index in [0.717, 1.165) is 11.3 Å². The van der Waals surface area contributed by atoms with Crippen molar-refractivity contribution >= 4 is 11.7 Å². The number of pyridine rings is 1. The third-order valence-corrected chi connectivity index (χ3v) is 2.65. The molecule has 18 heavy (non-hydrogen) atoms. The summed E-state index contributed by atoms with van der Waals surface area (Å²) < 4.78 is 0. The minimum atomic E-state index is -0.130. The fraction of sp³-hybridized carbons (Fsp3) is 0.250. The molecule has 0 atom stereocenters. The highest BCUT2D eigenvalue weighted by Crippen LogP contribution is 2.07. The SMILES string of the molecule is CNc1cc(C(=O)NCc2cn[nH]c2C)ccn1. The number of anilines is 1. The Morgan fingerprint density at radius 2 is 2.33 bits per heavy atom. The molecule has 0 spiro atoms. The molecule has 2 aromatic heterocycles. The Hall–Kier alpha value is -2.37. The molecule has 0 aliphatic rings. The van der Waals surface area contributed by atoms with Crippen LogP contribution in [0.1, 0.15) is 21.6 Å². The van der Waals surface area contributed by atoms with E-state index in [4.69, 9.17) is 0 Å². The summed E-state index contributed by atoms with van der Waals surface area (Å²) in [5.41, 5.74) is 2.52. The van der Waals surface area contributed by atoms with Crippen molar-refractivity contribution in [1.29, 1.82) is 0 Å². The Kier molecular flexibility index (Phi) is 3.57. The molecule has 0 unspecified atom stereocenters. The van der Waals surface area contributed by atoms with Gasteiger partial charge in [0.2, 0.25) is 0 Å². The Bertz CT molecular complexity index is 549. The molecule has 0 aromatic carbocycles.